The number of hydrogen-bond acceptors (Lipinski definition) is 5. The Kier molecular flexibility index (Phi) is 5.13. The van der Waals surface area contributed by atoms with E-state index in [-0.39, 0.29) is 0 Å². The standard InChI is InChI=1S/C12H19IN4O/c1-9(2)15-5-10-7-18-4-3-17(10)12-11(13)6-14-8-16-12/h6,8-10,15H,3-5,7H2,1-2H3. The lowest BCUT2D eigenvalue weighted by molar-refractivity contribution is 0.0927. The number of aromatic nitrogens is 2. The summed E-state index contributed by atoms with van der Waals surface area (Å²) in [6, 6.07) is 0.822. The molecule has 2 heterocycles. The van der Waals surface area contributed by atoms with Crippen molar-refractivity contribution in [2.75, 3.05) is 31.2 Å². The third-order valence-electron chi connectivity index (χ3n) is 2.91. The van der Waals surface area contributed by atoms with E-state index in [1.807, 2.05) is 6.20 Å². The molecule has 1 aromatic rings. The molecule has 2 rings (SSSR count). The van der Waals surface area contributed by atoms with Crippen molar-refractivity contribution in [1.29, 1.82) is 0 Å². The van der Waals surface area contributed by atoms with Crippen LogP contribution >= 0.6 is 22.6 Å². The van der Waals surface area contributed by atoms with Crippen LogP contribution in [0.5, 0.6) is 0 Å². The lowest BCUT2D eigenvalue weighted by atomic mass is 10.2. The van der Waals surface area contributed by atoms with Crippen LogP contribution in [0.4, 0.5) is 5.82 Å². The zero-order chi connectivity index (χ0) is 13.0. The van der Waals surface area contributed by atoms with Crippen LogP contribution in [-0.2, 0) is 4.74 Å². The number of ether oxygens (including phenoxy) is 1. The van der Waals surface area contributed by atoms with Gasteiger partial charge in [-0.3, -0.25) is 0 Å². The normalized spacial score (nSPS) is 20.4. The molecule has 1 aliphatic rings. The van der Waals surface area contributed by atoms with Crippen molar-refractivity contribution in [1.82, 2.24) is 15.3 Å². The second-order valence-corrected chi connectivity index (χ2v) is 5.84. The van der Waals surface area contributed by atoms with Gasteiger partial charge in [0.15, 0.2) is 0 Å². The fraction of sp³-hybridized carbons (Fsp3) is 0.667. The third kappa shape index (κ3) is 3.52. The second-order valence-electron chi connectivity index (χ2n) is 4.68. The van der Waals surface area contributed by atoms with Crippen LogP contribution in [0.3, 0.4) is 0 Å². The fourth-order valence-corrected chi connectivity index (χ4v) is 2.60. The molecule has 1 atom stereocenters. The van der Waals surface area contributed by atoms with Gasteiger partial charge >= 0.3 is 0 Å². The summed E-state index contributed by atoms with van der Waals surface area (Å²) in [5, 5.41) is 3.47. The van der Waals surface area contributed by atoms with E-state index < -0.39 is 0 Å². The minimum Gasteiger partial charge on any atom is -0.377 e. The highest BCUT2D eigenvalue weighted by Gasteiger charge is 2.25. The van der Waals surface area contributed by atoms with E-state index in [1.54, 1.807) is 6.33 Å². The molecule has 100 valence electrons. The molecule has 0 aliphatic carbocycles. The molecule has 1 saturated heterocycles. The summed E-state index contributed by atoms with van der Waals surface area (Å²) in [5.74, 6) is 1.02. The van der Waals surface area contributed by atoms with Crippen LogP contribution < -0.4 is 10.2 Å². The summed E-state index contributed by atoms with van der Waals surface area (Å²) in [5.41, 5.74) is 0. The molecule has 0 radical (unpaired) electrons. The molecule has 0 amide bonds. The summed E-state index contributed by atoms with van der Waals surface area (Å²) in [6.07, 6.45) is 3.46. The summed E-state index contributed by atoms with van der Waals surface area (Å²) in [4.78, 5) is 10.8. The molecule has 1 unspecified atom stereocenters. The highest BCUT2D eigenvalue weighted by atomic mass is 127. The Labute approximate surface area is 121 Å². The highest BCUT2D eigenvalue weighted by Crippen LogP contribution is 2.22. The van der Waals surface area contributed by atoms with Gasteiger partial charge in [0.25, 0.3) is 0 Å². The van der Waals surface area contributed by atoms with Gasteiger partial charge in [0.2, 0.25) is 0 Å². The van der Waals surface area contributed by atoms with Crippen LogP contribution in [0.15, 0.2) is 12.5 Å². The molecule has 1 aromatic heterocycles. The topological polar surface area (TPSA) is 50.3 Å². The average Bonchev–Trinajstić information content (AvgIpc) is 2.37. The second kappa shape index (κ2) is 6.63. The number of nitrogens with one attached hydrogen (secondary N) is 1. The van der Waals surface area contributed by atoms with Crippen molar-refractivity contribution in [2.45, 2.75) is 25.9 Å². The fourth-order valence-electron chi connectivity index (χ4n) is 1.99. The van der Waals surface area contributed by atoms with Gasteiger partial charge in [-0.05, 0) is 22.6 Å². The van der Waals surface area contributed by atoms with Gasteiger partial charge in [0.05, 0.1) is 22.8 Å². The number of morpholine rings is 1. The zero-order valence-corrected chi connectivity index (χ0v) is 12.9. The van der Waals surface area contributed by atoms with Crippen LogP contribution in [0, 0.1) is 3.57 Å². The Balaban J connectivity index is 2.10. The molecule has 1 N–H and O–H groups in total. The van der Waals surface area contributed by atoms with Crippen molar-refractivity contribution in [3.8, 4) is 0 Å². The molecular weight excluding hydrogens is 343 g/mol. The maximum atomic E-state index is 5.58. The van der Waals surface area contributed by atoms with E-state index in [2.05, 4.69) is 56.6 Å². The maximum Gasteiger partial charge on any atom is 0.145 e. The molecule has 0 bridgehead atoms. The van der Waals surface area contributed by atoms with Gasteiger partial charge in [-0.1, -0.05) is 13.8 Å². The van der Waals surface area contributed by atoms with Gasteiger partial charge in [0.1, 0.15) is 12.1 Å². The number of halogens is 1. The Bertz CT molecular complexity index is 388. The van der Waals surface area contributed by atoms with Crippen LogP contribution in [-0.4, -0.2) is 48.4 Å². The molecule has 0 spiro atoms. The number of rotatable bonds is 4. The van der Waals surface area contributed by atoms with Crippen LogP contribution in [0.1, 0.15) is 13.8 Å². The number of anilines is 1. The molecule has 1 aliphatic heterocycles. The monoisotopic (exact) mass is 362 g/mol. The third-order valence-corrected chi connectivity index (χ3v) is 3.67. The largest absolute Gasteiger partial charge is 0.377 e. The quantitative estimate of drug-likeness (QED) is 0.818. The predicted octanol–water partition coefficient (Wildman–Crippen LogP) is 1.28. The minimum absolute atomic E-state index is 0.338. The van der Waals surface area contributed by atoms with Crippen molar-refractivity contribution >= 4 is 28.4 Å². The van der Waals surface area contributed by atoms with E-state index in [0.717, 1.165) is 35.7 Å². The Hall–Kier alpha value is -0.470. The molecular formula is C12H19IN4O. The van der Waals surface area contributed by atoms with Gasteiger partial charge in [0, 0.05) is 25.3 Å². The number of nitrogens with zero attached hydrogens (tertiary/aromatic N) is 3. The minimum atomic E-state index is 0.338. The molecule has 0 saturated carbocycles. The average molecular weight is 362 g/mol. The van der Waals surface area contributed by atoms with Gasteiger partial charge in [-0.25, -0.2) is 9.97 Å². The Morgan fingerprint density at radius 2 is 2.44 bits per heavy atom. The summed E-state index contributed by atoms with van der Waals surface area (Å²) in [7, 11) is 0. The first kappa shape index (κ1) is 14.0. The molecule has 1 fully saturated rings. The van der Waals surface area contributed by atoms with E-state index in [4.69, 9.17) is 4.74 Å². The summed E-state index contributed by atoms with van der Waals surface area (Å²) >= 11 is 2.29. The first-order valence-electron chi connectivity index (χ1n) is 6.21. The van der Waals surface area contributed by atoms with Crippen LogP contribution in [0.25, 0.3) is 0 Å². The van der Waals surface area contributed by atoms with E-state index in [1.165, 1.54) is 0 Å². The van der Waals surface area contributed by atoms with Crippen molar-refractivity contribution in [2.24, 2.45) is 0 Å². The molecule has 0 aromatic carbocycles. The van der Waals surface area contributed by atoms with Crippen molar-refractivity contribution in [3.05, 3.63) is 16.1 Å². The van der Waals surface area contributed by atoms with Gasteiger partial charge in [-0.15, -0.1) is 0 Å². The van der Waals surface area contributed by atoms with Crippen LogP contribution in [0.2, 0.25) is 0 Å². The summed E-state index contributed by atoms with van der Waals surface area (Å²) < 4.78 is 6.67. The Morgan fingerprint density at radius 1 is 1.61 bits per heavy atom. The lowest BCUT2D eigenvalue weighted by Gasteiger charge is -2.37. The molecule has 5 nitrogen and oxygen atoms in total. The van der Waals surface area contributed by atoms with Gasteiger partial charge in [-0.2, -0.15) is 0 Å². The number of hydrogen-bond donors (Lipinski definition) is 1. The predicted molar refractivity (Wildman–Crippen MR) is 79.8 cm³/mol. The Morgan fingerprint density at radius 3 is 3.17 bits per heavy atom. The molecule has 18 heavy (non-hydrogen) atoms. The zero-order valence-electron chi connectivity index (χ0n) is 10.8. The SMILES string of the molecule is CC(C)NCC1COCCN1c1ncncc1I. The van der Waals surface area contributed by atoms with Crippen molar-refractivity contribution in [3.63, 3.8) is 0 Å². The maximum absolute atomic E-state index is 5.58. The smallest absolute Gasteiger partial charge is 0.145 e. The van der Waals surface area contributed by atoms with E-state index >= 15 is 0 Å². The summed E-state index contributed by atoms with van der Waals surface area (Å²) in [6.45, 7) is 7.62. The van der Waals surface area contributed by atoms with E-state index in [9.17, 15) is 0 Å². The first-order chi connectivity index (χ1) is 8.68. The first-order valence-corrected chi connectivity index (χ1v) is 7.29. The van der Waals surface area contributed by atoms with Crippen molar-refractivity contribution < 1.29 is 4.74 Å². The van der Waals surface area contributed by atoms with E-state index in [0.29, 0.717) is 12.1 Å². The highest BCUT2D eigenvalue weighted by molar-refractivity contribution is 14.1. The molecule has 6 heteroatoms. The van der Waals surface area contributed by atoms with Gasteiger partial charge < -0.3 is 15.0 Å². The lowest BCUT2D eigenvalue weighted by Crippen LogP contribution is -2.52.